The molecule has 0 aliphatic carbocycles. The van der Waals surface area contributed by atoms with E-state index < -0.39 is 0 Å². The molecule has 7 heteroatoms. The second-order valence-electron chi connectivity index (χ2n) is 7.45. The molecule has 0 amide bonds. The van der Waals surface area contributed by atoms with Gasteiger partial charge in [-0.25, -0.2) is 19.2 Å². The van der Waals surface area contributed by atoms with E-state index in [1.165, 1.54) is 11.1 Å². The molecule has 31 heavy (non-hydrogen) atoms. The van der Waals surface area contributed by atoms with Gasteiger partial charge in [0.15, 0.2) is 11.5 Å². The third kappa shape index (κ3) is 3.54. The van der Waals surface area contributed by atoms with Crippen LogP contribution in [0.15, 0.2) is 67.1 Å². The van der Waals surface area contributed by atoms with Crippen molar-refractivity contribution in [2.75, 3.05) is 7.11 Å². The Kier molecular flexibility index (Phi) is 4.71. The van der Waals surface area contributed by atoms with E-state index in [2.05, 4.69) is 35.2 Å². The van der Waals surface area contributed by atoms with Gasteiger partial charge in [-0.05, 0) is 54.8 Å². The first-order valence-electron chi connectivity index (χ1n) is 10.1. The minimum Gasteiger partial charge on any atom is -0.494 e. The van der Waals surface area contributed by atoms with Gasteiger partial charge in [0, 0.05) is 18.2 Å². The Balaban J connectivity index is 1.50. The van der Waals surface area contributed by atoms with Crippen molar-refractivity contribution in [3.05, 3.63) is 89.9 Å². The monoisotopic (exact) mass is 410 g/mol. The maximum Gasteiger partial charge on any atom is 0.163 e. The number of aromatic nitrogens is 6. The van der Waals surface area contributed by atoms with E-state index in [1.54, 1.807) is 18.1 Å². The maximum atomic E-state index is 5.60. The number of benzene rings is 2. The van der Waals surface area contributed by atoms with E-state index >= 15 is 0 Å². The van der Waals surface area contributed by atoms with Gasteiger partial charge in [0.1, 0.15) is 23.6 Å². The van der Waals surface area contributed by atoms with E-state index in [0.717, 1.165) is 34.0 Å². The van der Waals surface area contributed by atoms with Gasteiger partial charge in [0.2, 0.25) is 0 Å². The Morgan fingerprint density at radius 3 is 2.55 bits per heavy atom. The lowest BCUT2D eigenvalue weighted by atomic mass is 10.0. The lowest BCUT2D eigenvalue weighted by Gasteiger charge is -2.09. The molecule has 0 fully saturated rings. The molecule has 0 N–H and O–H groups in total. The molecule has 5 rings (SSSR count). The van der Waals surface area contributed by atoms with Gasteiger partial charge in [-0.3, -0.25) is 0 Å². The van der Waals surface area contributed by atoms with Crippen molar-refractivity contribution >= 4 is 5.65 Å². The quantitative estimate of drug-likeness (QED) is 0.434. The molecule has 3 heterocycles. The zero-order valence-electron chi connectivity index (χ0n) is 17.6. The summed E-state index contributed by atoms with van der Waals surface area (Å²) in [5.74, 6) is 2.20. The minimum atomic E-state index is 0.599. The predicted octanol–water partition coefficient (Wildman–Crippen LogP) is 4.19. The largest absolute Gasteiger partial charge is 0.494 e. The Bertz CT molecular complexity index is 1380. The van der Waals surface area contributed by atoms with Crippen LogP contribution in [0.3, 0.4) is 0 Å². The molecule has 2 aromatic carbocycles. The van der Waals surface area contributed by atoms with Crippen molar-refractivity contribution in [2.45, 2.75) is 20.3 Å². The van der Waals surface area contributed by atoms with Crippen molar-refractivity contribution in [1.82, 2.24) is 29.4 Å². The van der Waals surface area contributed by atoms with Crippen molar-refractivity contribution in [1.29, 1.82) is 0 Å². The average Bonchev–Trinajstić information content (AvgIpc) is 3.39. The van der Waals surface area contributed by atoms with Crippen molar-refractivity contribution < 1.29 is 4.74 Å². The molecule has 0 unspecified atom stereocenters. The van der Waals surface area contributed by atoms with E-state index in [0.29, 0.717) is 12.2 Å². The van der Waals surface area contributed by atoms with Crippen molar-refractivity contribution in [3.8, 4) is 22.6 Å². The Hall–Kier alpha value is -4.00. The van der Waals surface area contributed by atoms with Crippen LogP contribution in [-0.2, 0) is 6.42 Å². The Labute approximate surface area is 180 Å². The molecular formula is C24H22N6O. The van der Waals surface area contributed by atoms with Crippen molar-refractivity contribution in [3.63, 3.8) is 0 Å². The van der Waals surface area contributed by atoms with Gasteiger partial charge in [0.05, 0.1) is 7.11 Å². The summed E-state index contributed by atoms with van der Waals surface area (Å²) >= 11 is 0. The van der Waals surface area contributed by atoms with Crippen LogP contribution in [0.25, 0.3) is 22.5 Å². The summed E-state index contributed by atoms with van der Waals surface area (Å²) < 4.78 is 9.17. The first-order valence-corrected chi connectivity index (χ1v) is 10.1. The highest BCUT2D eigenvalue weighted by Gasteiger charge is 2.13. The highest BCUT2D eigenvalue weighted by atomic mass is 16.5. The van der Waals surface area contributed by atoms with E-state index in [4.69, 9.17) is 14.8 Å². The standard InChI is InChI=1S/C24H22N6O/c1-16-7-4-5-8-19(16)20-9-6-12-29-24(20)26-23(28-29)14-18-10-11-21(22(13-18)31-3)30-15-25-17(2)27-30/h4-13,15H,14H2,1-3H3. The number of ether oxygens (including phenoxy) is 1. The number of rotatable bonds is 5. The normalized spacial score (nSPS) is 11.2. The zero-order chi connectivity index (χ0) is 21.4. The lowest BCUT2D eigenvalue weighted by Crippen LogP contribution is -2.01. The fourth-order valence-electron chi connectivity index (χ4n) is 3.78. The first-order chi connectivity index (χ1) is 15.1. The maximum absolute atomic E-state index is 5.60. The van der Waals surface area contributed by atoms with E-state index in [1.807, 2.05) is 54.0 Å². The van der Waals surface area contributed by atoms with Gasteiger partial charge in [-0.15, -0.1) is 0 Å². The molecule has 0 atom stereocenters. The highest BCUT2D eigenvalue weighted by Crippen LogP contribution is 2.28. The molecule has 0 saturated carbocycles. The zero-order valence-corrected chi connectivity index (χ0v) is 17.6. The van der Waals surface area contributed by atoms with Crippen molar-refractivity contribution in [2.24, 2.45) is 0 Å². The SMILES string of the molecule is COc1cc(Cc2nc3c(-c4ccccc4C)cccn3n2)ccc1-n1cnc(C)n1. The number of methoxy groups -OCH3 is 1. The highest BCUT2D eigenvalue weighted by molar-refractivity contribution is 5.79. The number of pyridine rings is 1. The topological polar surface area (TPSA) is 70.1 Å². The molecule has 0 spiro atoms. The molecule has 3 aromatic heterocycles. The van der Waals surface area contributed by atoms with Crippen LogP contribution < -0.4 is 4.74 Å². The lowest BCUT2D eigenvalue weighted by molar-refractivity contribution is 0.411. The molecule has 0 aliphatic heterocycles. The van der Waals surface area contributed by atoms with Gasteiger partial charge in [-0.1, -0.05) is 30.3 Å². The van der Waals surface area contributed by atoms with E-state index in [-0.39, 0.29) is 0 Å². The van der Waals surface area contributed by atoms with Gasteiger partial charge >= 0.3 is 0 Å². The summed E-state index contributed by atoms with van der Waals surface area (Å²) in [6.07, 6.45) is 4.22. The number of fused-ring (bicyclic) bond motifs is 1. The molecule has 0 bridgehead atoms. The molecule has 5 aromatic rings. The third-order valence-corrected chi connectivity index (χ3v) is 5.30. The summed E-state index contributed by atoms with van der Waals surface area (Å²) in [6, 6.07) is 18.5. The summed E-state index contributed by atoms with van der Waals surface area (Å²) in [5, 5.41) is 9.08. The summed E-state index contributed by atoms with van der Waals surface area (Å²) in [7, 11) is 1.66. The van der Waals surface area contributed by atoms with Crippen LogP contribution >= 0.6 is 0 Å². The summed E-state index contributed by atoms with van der Waals surface area (Å²) in [5.41, 5.74) is 6.22. The minimum absolute atomic E-state index is 0.599. The first kappa shape index (κ1) is 19.0. The van der Waals surface area contributed by atoms with Crippen LogP contribution in [-0.4, -0.2) is 36.5 Å². The smallest absolute Gasteiger partial charge is 0.163 e. The molecule has 0 aliphatic rings. The second-order valence-corrected chi connectivity index (χ2v) is 7.45. The molecular weight excluding hydrogens is 388 g/mol. The number of aryl methyl sites for hydroxylation is 2. The average molecular weight is 410 g/mol. The fraction of sp³-hybridized carbons (Fsp3) is 0.167. The molecule has 0 saturated heterocycles. The predicted molar refractivity (Wildman–Crippen MR) is 119 cm³/mol. The summed E-state index contributed by atoms with van der Waals surface area (Å²) in [6.45, 7) is 3.97. The van der Waals surface area contributed by atoms with Crippen LogP contribution in [0.5, 0.6) is 5.75 Å². The summed E-state index contributed by atoms with van der Waals surface area (Å²) in [4.78, 5) is 9.04. The third-order valence-electron chi connectivity index (χ3n) is 5.30. The number of hydrogen-bond donors (Lipinski definition) is 0. The van der Waals surface area contributed by atoms with Crippen LogP contribution in [0.1, 0.15) is 22.8 Å². The molecule has 154 valence electrons. The van der Waals surface area contributed by atoms with Gasteiger partial charge in [0.25, 0.3) is 0 Å². The Morgan fingerprint density at radius 1 is 0.935 bits per heavy atom. The Morgan fingerprint density at radius 2 is 1.77 bits per heavy atom. The number of nitrogens with zero attached hydrogens (tertiary/aromatic N) is 6. The molecule has 7 nitrogen and oxygen atoms in total. The van der Waals surface area contributed by atoms with Crippen LogP contribution in [0.4, 0.5) is 0 Å². The molecule has 0 radical (unpaired) electrons. The van der Waals surface area contributed by atoms with Crippen LogP contribution in [0.2, 0.25) is 0 Å². The fourth-order valence-corrected chi connectivity index (χ4v) is 3.78. The van der Waals surface area contributed by atoms with Gasteiger partial charge in [-0.2, -0.15) is 10.2 Å². The van der Waals surface area contributed by atoms with E-state index in [9.17, 15) is 0 Å². The van der Waals surface area contributed by atoms with Gasteiger partial charge < -0.3 is 4.74 Å². The van der Waals surface area contributed by atoms with Crippen LogP contribution in [0, 0.1) is 13.8 Å². The second kappa shape index (κ2) is 7.68. The number of hydrogen-bond acceptors (Lipinski definition) is 5.